The zero-order chi connectivity index (χ0) is 36.2. The van der Waals surface area contributed by atoms with E-state index < -0.39 is 12.0 Å². The van der Waals surface area contributed by atoms with E-state index >= 15 is 0 Å². The van der Waals surface area contributed by atoms with Crippen LogP contribution in [0.5, 0.6) is 23.0 Å². The molecule has 1 aromatic heterocycles. The molecule has 0 saturated heterocycles. The maximum absolute atomic E-state index is 14.6. The number of nitrogens with zero attached hydrogens (tertiary/aromatic N) is 2. The molecule has 7 rings (SSSR count). The molecule has 262 valence electrons. The van der Waals surface area contributed by atoms with Crippen molar-refractivity contribution in [2.24, 2.45) is 4.99 Å². The number of carbonyl (C=O) groups excluding carboxylic acids is 1. The number of rotatable bonds is 11. The molecule has 1 atom stereocenters. The van der Waals surface area contributed by atoms with Gasteiger partial charge in [-0.15, -0.1) is 0 Å². The van der Waals surface area contributed by atoms with Crippen molar-refractivity contribution in [3.05, 3.63) is 157 Å². The first kappa shape index (κ1) is 34.3. The van der Waals surface area contributed by atoms with Crippen LogP contribution in [0.2, 0.25) is 0 Å². The third-order valence-corrected chi connectivity index (χ3v) is 9.85. The van der Waals surface area contributed by atoms with Crippen molar-refractivity contribution in [1.82, 2.24) is 4.57 Å². The van der Waals surface area contributed by atoms with Crippen LogP contribution in [0, 0.1) is 0 Å². The Balaban J connectivity index is 1.42. The first-order valence-corrected chi connectivity index (χ1v) is 17.5. The number of methoxy groups -OCH3 is 3. The molecular weight excluding hydrogens is 677 g/mol. The SMILES string of the molecule is CCOC(=O)C1=C(c2ccccc2)N=c2s/c(=C\c3cccc(OC)c3OCc3cccc4ccccc34)c(=O)n2[C@H]1c1ccc(OC)c(OC)c1. The van der Waals surface area contributed by atoms with E-state index in [9.17, 15) is 9.59 Å². The molecule has 0 N–H and O–H groups in total. The van der Waals surface area contributed by atoms with Gasteiger partial charge in [0.1, 0.15) is 6.61 Å². The topological polar surface area (TPSA) is 97.6 Å². The zero-order valence-corrected chi connectivity index (χ0v) is 29.9. The van der Waals surface area contributed by atoms with Crippen LogP contribution in [0.3, 0.4) is 0 Å². The van der Waals surface area contributed by atoms with Gasteiger partial charge in [-0.2, -0.15) is 0 Å². The van der Waals surface area contributed by atoms with Gasteiger partial charge in [-0.1, -0.05) is 102 Å². The van der Waals surface area contributed by atoms with Gasteiger partial charge >= 0.3 is 5.97 Å². The average molecular weight is 713 g/mol. The molecule has 2 heterocycles. The summed E-state index contributed by atoms with van der Waals surface area (Å²) < 4.78 is 30.9. The molecule has 52 heavy (non-hydrogen) atoms. The summed E-state index contributed by atoms with van der Waals surface area (Å²) in [5, 5.41) is 2.21. The van der Waals surface area contributed by atoms with Crippen LogP contribution in [-0.2, 0) is 16.1 Å². The summed E-state index contributed by atoms with van der Waals surface area (Å²) in [6.07, 6.45) is 1.78. The summed E-state index contributed by atoms with van der Waals surface area (Å²) in [5.74, 6) is 1.42. The van der Waals surface area contributed by atoms with Crippen LogP contribution in [0.4, 0.5) is 0 Å². The van der Waals surface area contributed by atoms with E-state index in [2.05, 4.69) is 18.2 Å². The lowest BCUT2D eigenvalue weighted by Gasteiger charge is -2.26. The van der Waals surface area contributed by atoms with E-state index in [1.54, 1.807) is 51.0 Å². The Hall–Kier alpha value is -6.13. The molecule has 5 aromatic carbocycles. The van der Waals surface area contributed by atoms with Crippen LogP contribution in [-0.4, -0.2) is 38.5 Å². The zero-order valence-electron chi connectivity index (χ0n) is 29.1. The molecule has 1 aliphatic rings. The van der Waals surface area contributed by atoms with E-state index in [-0.39, 0.29) is 24.3 Å². The molecule has 0 unspecified atom stereocenters. The average Bonchev–Trinajstić information content (AvgIpc) is 3.50. The monoisotopic (exact) mass is 712 g/mol. The quantitative estimate of drug-likeness (QED) is 0.138. The summed E-state index contributed by atoms with van der Waals surface area (Å²) in [6.45, 7) is 2.17. The summed E-state index contributed by atoms with van der Waals surface area (Å²) >= 11 is 1.23. The van der Waals surface area contributed by atoms with Gasteiger partial charge in [0.2, 0.25) is 0 Å². The standard InChI is InChI=1S/C42H36N2O7S/c1-5-50-41(46)36-37(27-14-7-6-8-15-27)43-42-44(38(36)28-21-22-32(47-2)34(23-28)49-4)40(45)35(52-42)24-29-17-12-20-33(48-3)39(29)51-25-30-18-11-16-26-13-9-10-19-31(26)30/h6-24,38H,5,25H2,1-4H3/b35-24-/t38-/m0/s1. The van der Waals surface area contributed by atoms with Crippen molar-refractivity contribution in [3.63, 3.8) is 0 Å². The van der Waals surface area contributed by atoms with Gasteiger partial charge in [0.15, 0.2) is 27.8 Å². The third kappa shape index (κ3) is 6.44. The molecule has 9 nitrogen and oxygen atoms in total. The number of fused-ring (bicyclic) bond motifs is 2. The van der Waals surface area contributed by atoms with Crippen LogP contribution in [0.1, 0.15) is 35.2 Å². The predicted molar refractivity (Wildman–Crippen MR) is 202 cm³/mol. The number of benzene rings is 5. The Labute approximate surface area is 304 Å². The lowest BCUT2D eigenvalue weighted by atomic mass is 9.93. The highest BCUT2D eigenvalue weighted by Gasteiger charge is 2.35. The number of esters is 1. The summed E-state index contributed by atoms with van der Waals surface area (Å²) in [7, 11) is 4.68. The molecule has 0 bridgehead atoms. The Bertz CT molecular complexity index is 2500. The minimum atomic E-state index is -0.889. The highest BCUT2D eigenvalue weighted by Crippen LogP contribution is 2.39. The highest BCUT2D eigenvalue weighted by atomic mass is 32.1. The van der Waals surface area contributed by atoms with E-state index in [1.165, 1.54) is 11.3 Å². The smallest absolute Gasteiger partial charge is 0.338 e. The first-order chi connectivity index (χ1) is 25.4. The molecule has 1 aliphatic heterocycles. The molecule has 6 aromatic rings. The fourth-order valence-electron chi connectivity index (χ4n) is 6.45. The summed E-state index contributed by atoms with van der Waals surface area (Å²) in [5.41, 5.74) is 3.33. The lowest BCUT2D eigenvalue weighted by molar-refractivity contribution is -0.138. The van der Waals surface area contributed by atoms with E-state index in [0.29, 0.717) is 54.7 Å². The second kappa shape index (κ2) is 15.0. The molecule has 10 heteroatoms. The normalized spacial score (nSPS) is 14.1. The Morgan fingerprint density at radius 3 is 2.33 bits per heavy atom. The number of para-hydroxylation sites is 1. The number of thiazole rings is 1. The van der Waals surface area contributed by atoms with Crippen LogP contribution >= 0.6 is 11.3 Å². The largest absolute Gasteiger partial charge is 0.493 e. The molecular formula is C42H36N2O7S. The van der Waals surface area contributed by atoms with E-state index in [4.69, 9.17) is 28.7 Å². The molecule has 0 spiro atoms. The van der Waals surface area contributed by atoms with Gasteiger partial charge in [-0.3, -0.25) is 9.36 Å². The second-order valence-corrected chi connectivity index (χ2v) is 12.9. The van der Waals surface area contributed by atoms with Gasteiger partial charge < -0.3 is 23.7 Å². The Morgan fingerprint density at radius 2 is 1.56 bits per heavy atom. The summed E-state index contributed by atoms with van der Waals surface area (Å²) in [6, 6.07) is 33.7. The lowest BCUT2D eigenvalue weighted by Crippen LogP contribution is -2.40. The number of ether oxygens (including phenoxy) is 5. The van der Waals surface area contributed by atoms with E-state index in [0.717, 1.165) is 16.3 Å². The van der Waals surface area contributed by atoms with E-state index in [1.807, 2.05) is 78.9 Å². The number of carbonyl (C=O) groups is 1. The van der Waals surface area contributed by atoms with Gasteiger partial charge in [0.05, 0.1) is 49.8 Å². The van der Waals surface area contributed by atoms with Crippen molar-refractivity contribution in [3.8, 4) is 23.0 Å². The van der Waals surface area contributed by atoms with Gasteiger partial charge in [0, 0.05) is 11.1 Å². The van der Waals surface area contributed by atoms with Crippen molar-refractivity contribution >= 4 is 39.9 Å². The van der Waals surface area contributed by atoms with Gasteiger partial charge in [-0.05, 0) is 53.1 Å². The molecule has 0 fully saturated rings. The van der Waals surface area contributed by atoms with Crippen molar-refractivity contribution in [2.75, 3.05) is 27.9 Å². The van der Waals surface area contributed by atoms with Gasteiger partial charge in [-0.25, -0.2) is 9.79 Å². The van der Waals surface area contributed by atoms with Crippen molar-refractivity contribution < 1.29 is 28.5 Å². The first-order valence-electron chi connectivity index (χ1n) is 16.7. The summed E-state index contributed by atoms with van der Waals surface area (Å²) in [4.78, 5) is 33.9. The molecule has 0 saturated carbocycles. The Kier molecular flexibility index (Phi) is 9.90. The molecule has 0 aliphatic carbocycles. The minimum absolute atomic E-state index is 0.144. The van der Waals surface area contributed by atoms with Gasteiger partial charge in [0.25, 0.3) is 5.56 Å². The fraction of sp³-hybridized carbons (Fsp3) is 0.167. The molecule has 0 radical (unpaired) electrons. The number of hydrogen-bond donors (Lipinski definition) is 0. The Morgan fingerprint density at radius 1 is 0.827 bits per heavy atom. The third-order valence-electron chi connectivity index (χ3n) is 8.86. The predicted octanol–water partition coefficient (Wildman–Crippen LogP) is 6.69. The van der Waals surface area contributed by atoms with Crippen molar-refractivity contribution in [2.45, 2.75) is 19.6 Å². The van der Waals surface area contributed by atoms with Crippen LogP contribution < -0.4 is 33.8 Å². The highest BCUT2D eigenvalue weighted by molar-refractivity contribution is 7.07. The number of hydrogen-bond acceptors (Lipinski definition) is 9. The maximum Gasteiger partial charge on any atom is 0.338 e. The molecule has 0 amide bonds. The van der Waals surface area contributed by atoms with Crippen molar-refractivity contribution in [1.29, 1.82) is 0 Å². The fourth-order valence-corrected chi connectivity index (χ4v) is 7.44. The minimum Gasteiger partial charge on any atom is -0.493 e. The maximum atomic E-state index is 14.6. The number of aromatic nitrogens is 1. The van der Waals surface area contributed by atoms with Crippen LogP contribution in [0.15, 0.2) is 125 Å². The second-order valence-electron chi connectivity index (χ2n) is 11.9. The van der Waals surface area contributed by atoms with Crippen LogP contribution in [0.25, 0.3) is 22.5 Å².